The van der Waals surface area contributed by atoms with Gasteiger partial charge in [-0.3, -0.25) is 28.8 Å². The fraction of sp³-hybridized carbons (Fsp3) is 0.649. The highest BCUT2D eigenvalue weighted by Gasteiger charge is 2.62. The molecule has 0 bridgehead atoms. The summed E-state index contributed by atoms with van der Waals surface area (Å²) < 4.78 is 53.5. The van der Waals surface area contributed by atoms with Gasteiger partial charge < -0.3 is 14.8 Å². The normalized spacial score (nSPS) is 30.4. The predicted molar refractivity (Wildman–Crippen MR) is 182 cm³/mol. The van der Waals surface area contributed by atoms with Gasteiger partial charge in [0.15, 0.2) is 0 Å². The minimum atomic E-state index is -3.90. The molecule has 51 heavy (non-hydrogen) atoms. The molecule has 2 heterocycles. The van der Waals surface area contributed by atoms with Gasteiger partial charge in [-0.2, -0.15) is 0 Å². The molecular weight excluding hydrogens is 681 g/mol. The van der Waals surface area contributed by atoms with Crippen molar-refractivity contribution >= 4 is 39.7 Å². The van der Waals surface area contributed by atoms with Crippen LogP contribution in [0.15, 0.2) is 30.4 Å². The molecule has 0 aromatic heterocycles. The summed E-state index contributed by atoms with van der Waals surface area (Å²) in [6.07, 6.45) is 6.48. The number of benzene rings is 1. The lowest BCUT2D eigenvalue weighted by molar-refractivity contribution is -0.157. The first-order chi connectivity index (χ1) is 24.1. The Balaban J connectivity index is 1.25. The number of ether oxygens (including phenoxy) is 2. The number of ketones is 1. The van der Waals surface area contributed by atoms with E-state index in [2.05, 4.69) is 10.0 Å². The van der Waals surface area contributed by atoms with E-state index in [0.717, 1.165) is 12.8 Å². The van der Waals surface area contributed by atoms with Gasteiger partial charge in [-0.05, 0) is 83.8 Å². The highest BCUT2D eigenvalue weighted by Crippen LogP contribution is 2.47. The van der Waals surface area contributed by atoms with Crippen molar-refractivity contribution in [1.29, 1.82) is 0 Å². The van der Waals surface area contributed by atoms with Crippen molar-refractivity contribution < 1.29 is 46.3 Å². The summed E-state index contributed by atoms with van der Waals surface area (Å²) in [5.41, 5.74) is -1.20. The Labute approximate surface area is 298 Å². The van der Waals surface area contributed by atoms with E-state index in [9.17, 15) is 36.8 Å². The van der Waals surface area contributed by atoms with Crippen LogP contribution in [0.1, 0.15) is 103 Å². The van der Waals surface area contributed by atoms with E-state index in [1.807, 2.05) is 12.2 Å². The Kier molecular flexibility index (Phi) is 10.4. The molecular formula is C37H48FN3O9S. The largest absolute Gasteiger partial charge is 0.460 e. The molecule has 0 saturated heterocycles. The summed E-state index contributed by atoms with van der Waals surface area (Å²) in [7, 11) is -3.90. The molecule has 0 spiro atoms. The molecule has 3 aliphatic carbocycles. The number of carbonyl (C=O) groups excluding carboxylic acids is 5. The quantitative estimate of drug-likeness (QED) is 0.315. The second kappa shape index (κ2) is 14.3. The number of hydrogen-bond donors (Lipinski definition) is 2. The van der Waals surface area contributed by atoms with Crippen LogP contribution in [0.5, 0.6) is 0 Å². The zero-order valence-electron chi connectivity index (χ0n) is 29.5. The van der Waals surface area contributed by atoms with Crippen molar-refractivity contribution in [3.05, 3.63) is 47.3 Å². The van der Waals surface area contributed by atoms with Gasteiger partial charge in [0, 0.05) is 29.9 Å². The number of fused-ring (bicyclic) bond motifs is 3. The first kappa shape index (κ1) is 37.0. The van der Waals surface area contributed by atoms with Crippen LogP contribution in [0.3, 0.4) is 0 Å². The smallest absolute Gasteiger partial charge is 0.410 e. The number of allylic oxidation sites excluding steroid dienone is 1. The molecule has 6 atom stereocenters. The van der Waals surface area contributed by atoms with Gasteiger partial charge in [-0.15, -0.1) is 0 Å². The molecule has 278 valence electrons. The predicted octanol–water partition coefficient (Wildman–Crippen LogP) is 4.59. The Morgan fingerprint density at radius 1 is 1.04 bits per heavy atom. The second-order valence-corrected chi connectivity index (χ2v) is 17.8. The Hall–Kier alpha value is -3.81. The number of amides is 3. The summed E-state index contributed by atoms with van der Waals surface area (Å²) in [6.45, 7) is 5.40. The molecule has 3 amide bonds. The Bertz CT molecular complexity index is 1720. The third kappa shape index (κ3) is 8.47. The molecule has 2 N–H and O–H groups in total. The van der Waals surface area contributed by atoms with Gasteiger partial charge in [0.25, 0.3) is 5.91 Å². The summed E-state index contributed by atoms with van der Waals surface area (Å²) >= 11 is 0. The molecule has 2 aliphatic heterocycles. The van der Waals surface area contributed by atoms with Crippen LogP contribution in [-0.4, -0.2) is 65.5 Å². The number of halogens is 1. The van der Waals surface area contributed by atoms with E-state index in [1.165, 1.54) is 11.0 Å². The lowest BCUT2D eigenvalue weighted by atomic mass is 9.81. The first-order valence-corrected chi connectivity index (χ1v) is 19.6. The van der Waals surface area contributed by atoms with Crippen LogP contribution in [0.2, 0.25) is 0 Å². The maximum atomic E-state index is 14.4. The van der Waals surface area contributed by atoms with Crippen molar-refractivity contribution in [2.45, 2.75) is 127 Å². The summed E-state index contributed by atoms with van der Waals surface area (Å²) in [4.78, 5) is 70.0. The molecule has 12 nitrogen and oxygen atoms in total. The van der Waals surface area contributed by atoms with Gasteiger partial charge in [0.2, 0.25) is 15.9 Å². The second-order valence-electron chi connectivity index (χ2n) is 15.8. The average Bonchev–Trinajstić information content (AvgIpc) is 3.93. The van der Waals surface area contributed by atoms with Crippen molar-refractivity contribution in [2.75, 3.05) is 0 Å². The van der Waals surface area contributed by atoms with Crippen LogP contribution in [0.4, 0.5) is 9.18 Å². The number of nitrogens with zero attached hydrogens (tertiary/aromatic N) is 1. The monoisotopic (exact) mass is 729 g/mol. The van der Waals surface area contributed by atoms with Gasteiger partial charge in [0.05, 0.1) is 24.1 Å². The van der Waals surface area contributed by atoms with Crippen LogP contribution in [0, 0.1) is 29.5 Å². The molecule has 1 aromatic rings. The number of rotatable bonds is 6. The number of esters is 1. The molecule has 1 aromatic carbocycles. The number of Topliss-reactive ketones (excluding diaryl/α,β-unsaturated/α-hetero) is 1. The Morgan fingerprint density at radius 3 is 2.49 bits per heavy atom. The maximum Gasteiger partial charge on any atom is 0.410 e. The van der Waals surface area contributed by atoms with E-state index in [4.69, 9.17) is 9.47 Å². The van der Waals surface area contributed by atoms with Gasteiger partial charge in [-0.1, -0.05) is 37.1 Å². The maximum absolute atomic E-state index is 14.4. The minimum Gasteiger partial charge on any atom is -0.460 e. The molecule has 3 saturated carbocycles. The standard InChI is InChI=1S/C37H48FN3O9S/c1-36(2,3)50-31(42)16-22-10-7-5-4-6-8-12-24-19-37(24,34(45)40-51(47,48)26-14-15-26)39-33(44)28-18-25(17-27(28)32(22)43)49-35(46)41-20-23-11-9-13-30(38)29(23)21-41/h8-9,11-13,22,24-28H,4-7,10,14-21H2,1-3H3,(H,39,44)(H,40,45)/b12-8-/t22-,24-,25+,27?,28-,37?/m1/s1. The SMILES string of the molecule is CC(C)(C)OC(=O)C[C@H]1CCCCC/C=C\[C@@H]2CC2(C(=O)NS(=O)(=O)C2CC2)NC(=O)[C@@H]2C[C@@H](OC(=O)N3Cc4cccc(F)c4C3)CC2C1=O. The number of sulfonamides is 1. The van der Waals surface area contributed by atoms with E-state index < -0.39 is 85.9 Å². The van der Waals surface area contributed by atoms with Gasteiger partial charge >= 0.3 is 12.1 Å². The van der Waals surface area contributed by atoms with Crippen LogP contribution >= 0.6 is 0 Å². The van der Waals surface area contributed by atoms with Crippen LogP contribution < -0.4 is 10.0 Å². The number of hydrogen-bond acceptors (Lipinski definition) is 9. The minimum absolute atomic E-state index is 0.0151. The van der Waals surface area contributed by atoms with Crippen molar-refractivity contribution in [3.63, 3.8) is 0 Å². The summed E-state index contributed by atoms with van der Waals surface area (Å²) in [5.74, 6) is -5.86. The van der Waals surface area contributed by atoms with Crippen molar-refractivity contribution in [3.8, 4) is 0 Å². The van der Waals surface area contributed by atoms with Gasteiger partial charge in [-0.25, -0.2) is 17.6 Å². The van der Waals surface area contributed by atoms with E-state index in [0.29, 0.717) is 43.2 Å². The van der Waals surface area contributed by atoms with Gasteiger partial charge in [0.1, 0.15) is 28.8 Å². The van der Waals surface area contributed by atoms with Crippen molar-refractivity contribution in [2.24, 2.45) is 23.7 Å². The van der Waals surface area contributed by atoms with E-state index >= 15 is 0 Å². The average molecular weight is 730 g/mol. The lowest BCUT2D eigenvalue weighted by Gasteiger charge is -2.26. The zero-order chi connectivity index (χ0) is 36.7. The molecule has 3 fully saturated rings. The topological polar surface area (TPSA) is 165 Å². The van der Waals surface area contributed by atoms with Crippen LogP contribution in [-0.2, 0) is 51.8 Å². The molecule has 6 rings (SSSR count). The van der Waals surface area contributed by atoms with Crippen molar-refractivity contribution in [1.82, 2.24) is 14.9 Å². The molecule has 14 heteroatoms. The fourth-order valence-electron chi connectivity index (χ4n) is 7.72. The third-order valence-corrected chi connectivity index (χ3v) is 12.5. The molecule has 2 unspecified atom stereocenters. The molecule has 0 radical (unpaired) electrons. The summed E-state index contributed by atoms with van der Waals surface area (Å²) in [6, 6.07) is 4.64. The highest BCUT2D eigenvalue weighted by molar-refractivity contribution is 7.91. The number of carbonyl (C=O) groups is 5. The summed E-state index contributed by atoms with van der Waals surface area (Å²) in [5, 5.41) is 2.20. The molecule has 5 aliphatic rings. The number of nitrogens with one attached hydrogen (secondary N) is 2. The van der Waals surface area contributed by atoms with Crippen LogP contribution in [0.25, 0.3) is 0 Å². The van der Waals surface area contributed by atoms with E-state index in [1.54, 1.807) is 32.9 Å². The Morgan fingerprint density at radius 2 is 1.78 bits per heavy atom. The third-order valence-electron chi connectivity index (χ3n) is 10.7. The lowest BCUT2D eigenvalue weighted by Crippen LogP contribution is -2.54. The highest BCUT2D eigenvalue weighted by atomic mass is 32.2. The first-order valence-electron chi connectivity index (χ1n) is 18.1. The van der Waals surface area contributed by atoms with E-state index in [-0.39, 0.29) is 44.6 Å². The fourth-order valence-corrected chi connectivity index (χ4v) is 9.08. The zero-order valence-corrected chi connectivity index (χ0v) is 30.3.